The molecule has 2 unspecified atom stereocenters. The van der Waals surface area contributed by atoms with Crippen molar-refractivity contribution in [1.29, 1.82) is 0 Å². The molecule has 2 atom stereocenters. The van der Waals surface area contributed by atoms with Gasteiger partial charge in [-0.05, 0) is 48.1 Å². The molecule has 4 nitrogen and oxygen atoms in total. The van der Waals surface area contributed by atoms with E-state index >= 15 is 0 Å². The molecule has 0 amide bonds. The topological polar surface area (TPSA) is 49.4 Å². The Morgan fingerprint density at radius 2 is 2.15 bits per heavy atom. The van der Waals surface area contributed by atoms with Gasteiger partial charge in [0.25, 0.3) is 10.0 Å². The summed E-state index contributed by atoms with van der Waals surface area (Å²) in [5.41, 5.74) is 1.08. The molecule has 112 valence electrons. The summed E-state index contributed by atoms with van der Waals surface area (Å²) < 4.78 is 27.0. The van der Waals surface area contributed by atoms with E-state index in [9.17, 15) is 8.42 Å². The lowest BCUT2D eigenvalue weighted by atomic mass is 10.3. The highest BCUT2D eigenvalue weighted by Crippen LogP contribution is 2.39. The highest BCUT2D eigenvalue weighted by Gasteiger charge is 2.36. The summed E-state index contributed by atoms with van der Waals surface area (Å²) in [5.74, 6) is 1.22. The summed E-state index contributed by atoms with van der Waals surface area (Å²) in [6.07, 6.45) is 3.65. The number of hydrogen-bond acceptors (Lipinski definition) is 4. The van der Waals surface area contributed by atoms with E-state index in [-0.39, 0.29) is 0 Å². The fourth-order valence-electron chi connectivity index (χ4n) is 2.37. The second-order valence-corrected chi connectivity index (χ2v) is 9.37. The van der Waals surface area contributed by atoms with Crippen molar-refractivity contribution in [2.24, 2.45) is 11.8 Å². The van der Waals surface area contributed by atoms with Gasteiger partial charge in [0.1, 0.15) is 4.21 Å². The van der Waals surface area contributed by atoms with Crippen LogP contribution in [0.2, 0.25) is 0 Å². The molecule has 1 N–H and O–H groups in total. The molecule has 3 rings (SSSR count). The van der Waals surface area contributed by atoms with Crippen molar-refractivity contribution in [1.82, 2.24) is 9.62 Å². The van der Waals surface area contributed by atoms with E-state index in [1.807, 2.05) is 11.4 Å². The molecular weight excluding hydrogens is 292 g/mol. The molecule has 2 aliphatic carbocycles. The number of hydrogen-bond donors (Lipinski definition) is 1. The molecule has 20 heavy (non-hydrogen) atoms. The Labute approximate surface area is 125 Å². The van der Waals surface area contributed by atoms with E-state index in [1.54, 1.807) is 7.05 Å². The SMILES string of the molecule is CC1CC1CN(C)S(=O)(=O)c1cc(CNC2CC2)cs1. The van der Waals surface area contributed by atoms with Crippen LogP contribution in [-0.2, 0) is 16.6 Å². The lowest BCUT2D eigenvalue weighted by Gasteiger charge is -2.15. The summed E-state index contributed by atoms with van der Waals surface area (Å²) in [6.45, 7) is 3.61. The summed E-state index contributed by atoms with van der Waals surface area (Å²) in [5, 5.41) is 5.37. The van der Waals surface area contributed by atoms with Crippen molar-refractivity contribution in [3.05, 3.63) is 17.0 Å². The van der Waals surface area contributed by atoms with Crippen LogP contribution >= 0.6 is 11.3 Å². The standard InChI is InChI=1S/C14H22N2O2S2/c1-10-5-12(10)8-16(2)20(17,18)14-6-11(9-19-14)7-15-13-3-4-13/h6,9-10,12-13,15H,3-5,7-8H2,1-2H3. The van der Waals surface area contributed by atoms with Crippen molar-refractivity contribution in [3.8, 4) is 0 Å². The van der Waals surface area contributed by atoms with Gasteiger partial charge in [0, 0.05) is 26.2 Å². The zero-order valence-electron chi connectivity index (χ0n) is 12.0. The third-order valence-electron chi connectivity index (χ3n) is 4.23. The maximum Gasteiger partial charge on any atom is 0.252 e. The van der Waals surface area contributed by atoms with Crippen LogP contribution in [0.3, 0.4) is 0 Å². The monoisotopic (exact) mass is 314 g/mol. The van der Waals surface area contributed by atoms with E-state index in [4.69, 9.17) is 0 Å². The van der Waals surface area contributed by atoms with Gasteiger partial charge in [0.15, 0.2) is 0 Å². The van der Waals surface area contributed by atoms with E-state index in [2.05, 4.69) is 12.2 Å². The van der Waals surface area contributed by atoms with Gasteiger partial charge in [0.05, 0.1) is 0 Å². The quantitative estimate of drug-likeness (QED) is 0.840. The minimum absolute atomic E-state index is 0.473. The first-order valence-corrected chi connectivity index (χ1v) is 9.56. The largest absolute Gasteiger partial charge is 0.310 e. The predicted octanol–water partition coefficient (Wildman–Crippen LogP) is 2.28. The number of nitrogens with one attached hydrogen (secondary N) is 1. The molecule has 2 fully saturated rings. The van der Waals surface area contributed by atoms with E-state index < -0.39 is 10.0 Å². The average Bonchev–Trinajstić information content (AvgIpc) is 3.29. The van der Waals surface area contributed by atoms with Crippen LogP contribution < -0.4 is 5.32 Å². The average molecular weight is 314 g/mol. The molecule has 0 saturated heterocycles. The summed E-state index contributed by atoms with van der Waals surface area (Å²) in [4.78, 5) is 0. The molecule has 2 saturated carbocycles. The van der Waals surface area contributed by atoms with Gasteiger partial charge in [0.2, 0.25) is 0 Å². The maximum atomic E-state index is 12.5. The van der Waals surface area contributed by atoms with Crippen LogP contribution in [0.4, 0.5) is 0 Å². The normalized spacial score (nSPS) is 26.1. The van der Waals surface area contributed by atoms with Crippen LogP contribution in [0.15, 0.2) is 15.7 Å². The first kappa shape index (κ1) is 14.5. The Balaban J connectivity index is 1.63. The smallest absolute Gasteiger partial charge is 0.252 e. The van der Waals surface area contributed by atoms with Crippen molar-refractivity contribution in [2.75, 3.05) is 13.6 Å². The molecule has 1 aromatic heterocycles. The summed E-state index contributed by atoms with van der Waals surface area (Å²) in [6, 6.07) is 2.47. The maximum absolute atomic E-state index is 12.5. The van der Waals surface area contributed by atoms with Crippen LogP contribution in [-0.4, -0.2) is 32.4 Å². The number of sulfonamides is 1. The second-order valence-electron chi connectivity index (χ2n) is 6.19. The van der Waals surface area contributed by atoms with Gasteiger partial charge in [-0.15, -0.1) is 11.3 Å². The second kappa shape index (κ2) is 5.40. The van der Waals surface area contributed by atoms with Crippen LogP contribution in [0.1, 0.15) is 31.7 Å². The third kappa shape index (κ3) is 3.24. The van der Waals surface area contributed by atoms with Gasteiger partial charge in [-0.25, -0.2) is 8.42 Å². The van der Waals surface area contributed by atoms with Crippen molar-refractivity contribution in [3.63, 3.8) is 0 Å². The van der Waals surface area contributed by atoms with Crippen LogP contribution in [0, 0.1) is 11.8 Å². The summed E-state index contributed by atoms with van der Waals surface area (Å²) >= 11 is 1.34. The van der Waals surface area contributed by atoms with Crippen LogP contribution in [0.25, 0.3) is 0 Å². The molecule has 1 heterocycles. The number of rotatable bonds is 7. The Kier molecular flexibility index (Phi) is 3.92. The predicted molar refractivity (Wildman–Crippen MR) is 81.3 cm³/mol. The zero-order chi connectivity index (χ0) is 14.3. The minimum Gasteiger partial charge on any atom is -0.310 e. The molecule has 1 aromatic rings. The fraction of sp³-hybridized carbons (Fsp3) is 0.714. The zero-order valence-corrected chi connectivity index (χ0v) is 13.6. The number of thiophene rings is 1. The highest BCUT2D eigenvalue weighted by atomic mass is 32.2. The van der Waals surface area contributed by atoms with Gasteiger partial charge < -0.3 is 5.32 Å². The highest BCUT2D eigenvalue weighted by molar-refractivity contribution is 7.91. The van der Waals surface area contributed by atoms with E-state index in [0.29, 0.717) is 28.6 Å². The van der Waals surface area contributed by atoms with Gasteiger partial charge in [-0.2, -0.15) is 4.31 Å². The third-order valence-corrected chi connectivity index (χ3v) is 7.52. The lowest BCUT2D eigenvalue weighted by molar-refractivity contribution is 0.446. The number of nitrogens with zero attached hydrogens (tertiary/aromatic N) is 1. The first-order chi connectivity index (χ1) is 9.46. The molecule has 6 heteroatoms. The van der Waals surface area contributed by atoms with Gasteiger partial charge >= 0.3 is 0 Å². The molecule has 0 aliphatic heterocycles. The molecule has 0 bridgehead atoms. The van der Waals surface area contributed by atoms with Crippen LogP contribution in [0.5, 0.6) is 0 Å². The Hall–Kier alpha value is -0.430. The molecule has 0 spiro atoms. The molecule has 0 aromatic carbocycles. The minimum atomic E-state index is -3.30. The Morgan fingerprint density at radius 1 is 1.45 bits per heavy atom. The van der Waals surface area contributed by atoms with E-state index in [1.165, 1.54) is 28.5 Å². The van der Waals surface area contributed by atoms with Crippen molar-refractivity contribution < 1.29 is 8.42 Å². The van der Waals surface area contributed by atoms with Gasteiger partial charge in [-0.1, -0.05) is 6.92 Å². The fourth-order valence-corrected chi connectivity index (χ4v) is 5.01. The molecule has 0 radical (unpaired) electrons. The molecule has 2 aliphatic rings. The van der Waals surface area contributed by atoms with E-state index in [0.717, 1.165) is 18.5 Å². The Morgan fingerprint density at radius 3 is 2.75 bits per heavy atom. The van der Waals surface area contributed by atoms with Crippen molar-refractivity contribution in [2.45, 2.75) is 43.0 Å². The first-order valence-electron chi connectivity index (χ1n) is 7.24. The Bertz CT molecular complexity index is 578. The summed E-state index contributed by atoms with van der Waals surface area (Å²) in [7, 11) is -1.60. The van der Waals surface area contributed by atoms with Gasteiger partial charge in [-0.3, -0.25) is 0 Å². The van der Waals surface area contributed by atoms with Crippen molar-refractivity contribution >= 4 is 21.4 Å². The molecular formula is C14H22N2O2S2. The lowest BCUT2D eigenvalue weighted by Crippen LogP contribution is -2.28.